The van der Waals surface area contributed by atoms with Crippen molar-refractivity contribution in [1.29, 1.82) is 0 Å². The van der Waals surface area contributed by atoms with Crippen LogP contribution in [0.4, 0.5) is 4.39 Å². The van der Waals surface area contributed by atoms with Crippen LogP contribution in [0.1, 0.15) is 23.5 Å². The second-order valence-electron chi connectivity index (χ2n) is 5.84. The number of nitrogens with one attached hydrogen (secondary N) is 2. The van der Waals surface area contributed by atoms with E-state index >= 15 is 0 Å². The summed E-state index contributed by atoms with van der Waals surface area (Å²) in [6.07, 6.45) is 4.91. The molecule has 0 radical (unpaired) electrons. The van der Waals surface area contributed by atoms with E-state index in [1.165, 1.54) is 11.6 Å². The molecule has 0 saturated heterocycles. The van der Waals surface area contributed by atoms with Gasteiger partial charge in [-0.3, -0.25) is 4.99 Å². The molecule has 0 bridgehead atoms. The highest BCUT2D eigenvalue weighted by molar-refractivity contribution is 14.0. The summed E-state index contributed by atoms with van der Waals surface area (Å²) in [6, 6.07) is 7.04. The molecule has 0 aliphatic heterocycles. The SMILES string of the molecule is CN=C(NCc1ccn(C)c1)NC1CC1c1c(F)cccc1Cl.I. The first kappa shape index (κ1) is 19.1. The maximum absolute atomic E-state index is 13.9. The molecule has 1 fully saturated rings. The van der Waals surface area contributed by atoms with Crippen LogP contribution in [-0.2, 0) is 13.6 Å². The van der Waals surface area contributed by atoms with Gasteiger partial charge in [0.1, 0.15) is 5.82 Å². The van der Waals surface area contributed by atoms with Crippen LogP contribution < -0.4 is 10.6 Å². The fourth-order valence-corrected chi connectivity index (χ4v) is 3.06. The molecule has 130 valence electrons. The highest BCUT2D eigenvalue weighted by Crippen LogP contribution is 2.44. The van der Waals surface area contributed by atoms with Crippen molar-refractivity contribution < 1.29 is 4.39 Å². The number of rotatable bonds is 4. The van der Waals surface area contributed by atoms with Gasteiger partial charge in [-0.05, 0) is 30.2 Å². The number of nitrogens with zero attached hydrogens (tertiary/aromatic N) is 2. The van der Waals surface area contributed by atoms with Crippen LogP contribution in [-0.4, -0.2) is 23.6 Å². The van der Waals surface area contributed by atoms with Crippen molar-refractivity contribution in [2.75, 3.05) is 7.05 Å². The fourth-order valence-electron chi connectivity index (χ4n) is 2.76. The third-order valence-corrected chi connectivity index (χ3v) is 4.39. The molecule has 1 aromatic heterocycles. The van der Waals surface area contributed by atoms with Gasteiger partial charge in [0.15, 0.2) is 5.96 Å². The van der Waals surface area contributed by atoms with Gasteiger partial charge in [-0.2, -0.15) is 0 Å². The molecule has 1 aromatic carbocycles. The number of aryl methyl sites for hydroxylation is 1. The Morgan fingerprint density at radius 2 is 2.21 bits per heavy atom. The Morgan fingerprint density at radius 1 is 1.42 bits per heavy atom. The van der Waals surface area contributed by atoms with E-state index in [2.05, 4.69) is 27.9 Å². The Morgan fingerprint density at radius 3 is 2.83 bits per heavy atom. The lowest BCUT2D eigenvalue weighted by atomic mass is 10.1. The average molecular weight is 463 g/mol. The number of benzene rings is 1. The molecule has 2 unspecified atom stereocenters. The summed E-state index contributed by atoms with van der Waals surface area (Å²) in [4.78, 5) is 4.22. The van der Waals surface area contributed by atoms with E-state index in [1.54, 1.807) is 19.2 Å². The zero-order valence-corrected chi connectivity index (χ0v) is 16.7. The van der Waals surface area contributed by atoms with E-state index in [0.29, 0.717) is 23.1 Å². The highest BCUT2D eigenvalue weighted by atomic mass is 127. The van der Waals surface area contributed by atoms with Gasteiger partial charge in [-0.25, -0.2) is 4.39 Å². The van der Waals surface area contributed by atoms with Crippen LogP contribution in [0.15, 0.2) is 41.7 Å². The first-order valence-electron chi connectivity index (χ1n) is 7.60. The molecule has 1 saturated carbocycles. The largest absolute Gasteiger partial charge is 0.357 e. The number of aromatic nitrogens is 1. The fraction of sp³-hybridized carbons (Fsp3) is 0.353. The molecule has 7 heteroatoms. The van der Waals surface area contributed by atoms with Crippen molar-refractivity contribution in [3.05, 3.63) is 58.6 Å². The van der Waals surface area contributed by atoms with Crippen LogP contribution in [0.3, 0.4) is 0 Å². The van der Waals surface area contributed by atoms with Gasteiger partial charge in [0.05, 0.1) is 0 Å². The van der Waals surface area contributed by atoms with Gasteiger partial charge in [0.25, 0.3) is 0 Å². The van der Waals surface area contributed by atoms with Crippen LogP contribution in [0.5, 0.6) is 0 Å². The molecular weight excluding hydrogens is 442 g/mol. The molecular formula is C17H21ClFIN4. The van der Waals surface area contributed by atoms with Crippen LogP contribution in [0.25, 0.3) is 0 Å². The number of hydrogen-bond acceptors (Lipinski definition) is 1. The van der Waals surface area contributed by atoms with Gasteiger partial charge in [0.2, 0.25) is 0 Å². The summed E-state index contributed by atoms with van der Waals surface area (Å²) in [7, 11) is 3.72. The summed E-state index contributed by atoms with van der Waals surface area (Å²) < 4.78 is 15.9. The molecule has 3 rings (SSSR count). The summed E-state index contributed by atoms with van der Waals surface area (Å²) in [5, 5.41) is 7.09. The van der Waals surface area contributed by atoms with Crippen molar-refractivity contribution in [3.63, 3.8) is 0 Å². The van der Waals surface area contributed by atoms with E-state index in [0.717, 1.165) is 6.42 Å². The lowest BCUT2D eigenvalue weighted by Crippen LogP contribution is -2.38. The van der Waals surface area contributed by atoms with Crippen LogP contribution in [0.2, 0.25) is 5.02 Å². The van der Waals surface area contributed by atoms with Gasteiger partial charge >= 0.3 is 0 Å². The predicted molar refractivity (Wildman–Crippen MR) is 107 cm³/mol. The Balaban J connectivity index is 0.00000208. The molecule has 2 atom stereocenters. The van der Waals surface area contributed by atoms with Crippen molar-refractivity contribution in [2.45, 2.75) is 24.9 Å². The second-order valence-corrected chi connectivity index (χ2v) is 6.25. The van der Waals surface area contributed by atoms with E-state index in [1.807, 2.05) is 17.8 Å². The normalized spacial score (nSPS) is 19.6. The minimum atomic E-state index is -0.237. The zero-order chi connectivity index (χ0) is 16.4. The molecule has 2 N–H and O–H groups in total. The topological polar surface area (TPSA) is 41.4 Å². The maximum atomic E-state index is 13.9. The van der Waals surface area contributed by atoms with Crippen molar-refractivity contribution in [1.82, 2.24) is 15.2 Å². The average Bonchev–Trinajstić information content (AvgIpc) is 3.14. The molecule has 0 amide bonds. The molecule has 1 heterocycles. The van der Waals surface area contributed by atoms with Crippen molar-refractivity contribution in [3.8, 4) is 0 Å². The minimum absolute atomic E-state index is 0. The summed E-state index contributed by atoms with van der Waals surface area (Å²) >= 11 is 6.13. The summed E-state index contributed by atoms with van der Waals surface area (Å²) in [6.45, 7) is 0.693. The number of guanidine groups is 1. The Kier molecular flexibility index (Phi) is 6.51. The van der Waals surface area contributed by atoms with Gasteiger partial charge < -0.3 is 15.2 Å². The zero-order valence-electron chi connectivity index (χ0n) is 13.6. The minimum Gasteiger partial charge on any atom is -0.357 e. The third-order valence-electron chi connectivity index (χ3n) is 4.06. The summed E-state index contributed by atoms with van der Waals surface area (Å²) in [5.74, 6) is 0.576. The third kappa shape index (κ3) is 4.42. The number of hydrogen-bond donors (Lipinski definition) is 2. The molecule has 1 aliphatic rings. The standard InChI is InChI=1S/C17H20ClFN4.HI/c1-20-17(21-9-11-6-7-23(2)10-11)22-15-8-12(15)16-13(18)4-3-5-14(16)19;/h3-7,10,12,15H,8-9H2,1-2H3,(H2,20,21,22);1H. The molecule has 24 heavy (non-hydrogen) atoms. The van der Waals surface area contributed by atoms with Crippen molar-refractivity contribution in [2.24, 2.45) is 12.0 Å². The van der Waals surface area contributed by atoms with Gasteiger partial charge in [0, 0.05) is 55.6 Å². The van der Waals surface area contributed by atoms with Gasteiger partial charge in [-0.1, -0.05) is 17.7 Å². The number of halogens is 3. The predicted octanol–water partition coefficient (Wildman–Crippen LogP) is 3.66. The van der Waals surface area contributed by atoms with E-state index < -0.39 is 0 Å². The first-order chi connectivity index (χ1) is 11.1. The first-order valence-corrected chi connectivity index (χ1v) is 7.98. The van der Waals surface area contributed by atoms with Crippen LogP contribution in [0, 0.1) is 5.82 Å². The van der Waals surface area contributed by atoms with E-state index in [9.17, 15) is 4.39 Å². The highest BCUT2D eigenvalue weighted by Gasteiger charge is 2.41. The van der Waals surface area contributed by atoms with E-state index in [4.69, 9.17) is 11.6 Å². The molecule has 2 aromatic rings. The smallest absolute Gasteiger partial charge is 0.191 e. The van der Waals surface area contributed by atoms with E-state index in [-0.39, 0.29) is 41.8 Å². The lowest BCUT2D eigenvalue weighted by Gasteiger charge is -2.12. The van der Waals surface area contributed by atoms with Gasteiger partial charge in [-0.15, -0.1) is 24.0 Å². The molecule has 4 nitrogen and oxygen atoms in total. The number of aliphatic imine (C=N–C) groups is 1. The Hall–Kier alpha value is -1.28. The monoisotopic (exact) mass is 462 g/mol. The lowest BCUT2D eigenvalue weighted by molar-refractivity contribution is 0.608. The second kappa shape index (κ2) is 8.20. The molecule has 1 aliphatic carbocycles. The Bertz CT molecular complexity index is 711. The molecule has 0 spiro atoms. The van der Waals surface area contributed by atoms with Crippen molar-refractivity contribution >= 4 is 41.5 Å². The van der Waals surface area contributed by atoms with Crippen LogP contribution >= 0.6 is 35.6 Å². The summed E-state index contributed by atoms with van der Waals surface area (Å²) in [5.41, 5.74) is 1.78. The Labute approximate surface area is 163 Å². The maximum Gasteiger partial charge on any atom is 0.191 e. The quantitative estimate of drug-likeness (QED) is 0.414.